The van der Waals surface area contributed by atoms with Crippen LogP contribution in [0.5, 0.6) is 0 Å². The van der Waals surface area contributed by atoms with Crippen LogP contribution in [0.1, 0.15) is 11.1 Å². The molecule has 2 aromatic carbocycles. The van der Waals surface area contributed by atoms with Crippen LogP contribution in [0.4, 0.5) is 18.9 Å². The number of rotatable bonds is 5. The van der Waals surface area contributed by atoms with Crippen LogP contribution >= 0.6 is 0 Å². The molecule has 0 bridgehead atoms. The zero-order valence-corrected chi connectivity index (χ0v) is 16.1. The van der Waals surface area contributed by atoms with Gasteiger partial charge in [-0.05, 0) is 17.7 Å². The van der Waals surface area contributed by atoms with E-state index in [0.29, 0.717) is 11.1 Å². The van der Waals surface area contributed by atoms with Gasteiger partial charge < -0.3 is 9.09 Å². The fourth-order valence-electron chi connectivity index (χ4n) is 3.04. The third-order valence-corrected chi connectivity index (χ3v) is 4.63. The van der Waals surface area contributed by atoms with Gasteiger partial charge in [0.25, 0.3) is 17.1 Å². The fraction of sp³-hybridized carbons (Fsp3) is 0.0952. The van der Waals surface area contributed by atoms with Crippen LogP contribution in [-0.2, 0) is 12.7 Å². The molecule has 0 atom stereocenters. The van der Waals surface area contributed by atoms with Gasteiger partial charge in [-0.3, -0.25) is 14.9 Å². The molecule has 0 saturated carbocycles. The second-order valence-corrected chi connectivity index (χ2v) is 6.78. The lowest BCUT2D eigenvalue weighted by molar-refractivity contribution is -0.384. The molecule has 0 radical (unpaired) electrons. The Hall–Kier alpha value is -4.28. The number of alkyl halides is 3. The normalized spacial score (nSPS) is 11.5. The molecule has 0 fully saturated rings. The van der Waals surface area contributed by atoms with Gasteiger partial charge in [-0.15, -0.1) is 0 Å². The van der Waals surface area contributed by atoms with Gasteiger partial charge in [-0.2, -0.15) is 18.2 Å². The minimum Gasteiger partial charge on any atom is -0.333 e. The van der Waals surface area contributed by atoms with Crippen molar-refractivity contribution >= 4 is 5.69 Å². The van der Waals surface area contributed by atoms with Crippen LogP contribution in [0, 0.1) is 10.1 Å². The largest absolute Gasteiger partial charge is 0.417 e. The standard InChI is InChI=1S/C21H13F3N4O4/c22-21(23,24)15-9-10-18(29)27(12-15)11-13-5-7-14(8-6-13)19-25-20(32-26-19)16-3-1-2-4-17(16)28(30)31/h1-10,12H,11H2. The summed E-state index contributed by atoms with van der Waals surface area (Å²) in [5.41, 5.74) is -0.366. The quantitative estimate of drug-likeness (QED) is 0.332. The van der Waals surface area contributed by atoms with Gasteiger partial charge in [0.15, 0.2) is 0 Å². The Morgan fingerprint density at radius 1 is 1.03 bits per heavy atom. The number of hydrogen-bond donors (Lipinski definition) is 0. The van der Waals surface area contributed by atoms with E-state index < -0.39 is 22.2 Å². The first-order valence-corrected chi connectivity index (χ1v) is 9.17. The van der Waals surface area contributed by atoms with Crippen molar-refractivity contribution in [2.75, 3.05) is 0 Å². The molecule has 11 heteroatoms. The number of pyridine rings is 1. The molecule has 32 heavy (non-hydrogen) atoms. The maximum absolute atomic E-state index is 12.9. The summed E-state index contributed by atoms with van der Waals surface area (Å²) in [5, 5.41) is 15.0. The highest BCUT2D eigenvalue weighted by molar-refractivity contribution is 5.68. The van der Waals surface area contributed by atoms with E-state index in [2.05, 4.69) is 10.1 Å². The topological polar surface area (TPSA) is 104 Å². The van der Waals surface area contributed by atoms with E-state index in [1.54, 1.807) is 30.3 Å². The molecular weight excluding hydrogens is 429 g/mol. The van der Waals surface area contributed by atoms with Gasteiger partial charge in [0, 0.05) is 23.9 Å². The molecule has 0 unspecified atom stereocenters. The lowest BCUT2D eigenvalue weighted by Gasteiger charge is -2.11. The highest BCUT2D eigenvalue weighted by Crippen LogP contribution is 2.30. The highest BCUT2D eigenvalue weighted by atomic mass is 19.4. The third-order valence-electron chi connectivity index (χ3n) is 4.63. The molecule has 2 heterocycles. The van der Waals surface area contributed by atoms with Crippen molar-refractivity contribution < 1.29 is 22.6 Å². The van der Waals surface area contributed by atoms with E-state index in [-0.39, 0.29) is 29.5 Å². The number of halogens is 3. The van der Waals surface area contributed by atoms with E-state index in [4.69, 9.17) is 4.52 Å². The Morgan fingerprint density at radius 3 is 2.44 bits per heavy atom. The maximum Gasteiger partial charge on any atom is 0.417 e. The Morgan fingerprint density at radius 2 is 1.75 bits per heavy atom. The first kappa shape index (κ1) is 21.0. The molecule has 0 aliphatic rings. The number of hydrogen-bond acceptors (Lipinski definition) is 6. The zero-order chi connectivity index (χ0) is 22.9. The summed E-state index contributed by atoms with van der Waals surface area (Å²) >= 11 is 0. The van der Waals surface area contributed by atoms with Crippen LogP contribution < -0.4 is 5.56 Å². The number of nitro groups is 1. The molecule has 162 valence electrons. The summed E-state index contributed by atoms with van der Waals surface area (Å²) in [6.45, 7) is -0.0588. The zero-order valence-electron chi connectivity index (χ0n) is 16.1. The minimum absolute atomic E-state index is 0.0214. The molecule has 0 spiro atoms. The van der Waals surface area contributed by atoms with E-state index in [9.17, 15) is 28.1 Å². The Labute approximate surface area is 177 Å². The Kier molecular flexibility index (Phi) is 5.31. The van der Waals surface area contributed by atoms with Gasteiger partial charge in [-0.1, -0.05) is 41.6 Å². The van der Waals surface area contributed by atoms with Crippen molar-refractivity contribution in [2.24, 2.45) is 0 Å². The van der Waals surface area contributed by atoms with Crippen molar-refractivity contribution in [3.63, 3.8) is 0 Å². The first-order chi connectivity index (χ1) is 15.2. The fourth-order valence-corrected chi connectivity index (χ4v) is 3.04. The first-order valence-electron chi connectivity index (χ1n) is 9.17. The third kappa shape index (κ3) is 4.26. The maximum atomic E-state index is 12.9. The molecule has 8 nitrogen and oxygen atoms in total. The van der Waals surface area contributed by atoms with Crippen LogP contribution in [0.25, 0.3) is 22.8 Å². The van der Waals surface area contributed by atoms with E-state index in [1.807, 2.05) is 0 Å². The van der Waals surface area contributed by atoms with Crippen LogP contribution in [-0.4, -0.2) is 19.6 Å². The predicted molar refractivity (Wildman–Crippen MR) is 107 cm³/mol. The van der Waals surface area contributed by atoms with Gasteiger partial charge in [0.05, 0.1) is 17.0 Å². The van der Waals surface area contributed by atoms with E-state index in [1.165, 1.54) is 18.2 Å². The predicted octanol–water partition coefficient (Wildman–Crippen LogP) is 4.54. The average Bonchev–Trinajstić information content (AvgIpc) is 3.25. The van der Waals surface area contributed by atoms with Gasteiger partial charge in [0.2, 0.25) is 5.82 Å². The summed E-state index contributed by atoms with van der Waals surface area (Å²) < 4.78 is 44.8. The second kappa shape index (κ2) is 8.10. The van der Waals surface area contributed by atoms with E-state index >= 15 is 0 Å². The summed E-state index contributed by atoms with van der Waals surface area (Å²) in [6, 6.07) is 14.0. The number of aromatic nitrogens is 3. The number of nitro benzene ring substituents is 1. The summed E-state index contributed by atoms with van der Waals surface area (Å²) in [4.78, 5) is 26.8. The highest BCUT2D eigenvalue weighted by Gasteiger charge is 2.31. The molecule has 0 N–H and O–H groups in total. The molecule has 2 aromatic heterocycles. The molecule has 0 saturated heterocycles. The summed E-state index contributed by atoms with van der Waals surface area (Å²) in [7, 11) is 0. The van der Waals surface area contributed by atoms with Gasteiger partial charge >= 0.3 is 6.18 Å². The Bertz CT molecular complexity index is 1340. The van der Waals surface area contributed by atoms with Crippen molar-refractivity contribution in [1.29, 1.82) is 0 Å². The second-order valence-electron chi connectivity index (χ2n) is 6.78. The smallest absolute Gasteiger partial charge is 0.333 e. The van der Waals surface area contributed by atoms with Gasteiger partial charge in [-0.25, -0.2) is 0 Å². The minimum atomic E-state index is -4.55. The van der Waals surface area contributed by atoms with Crippen LogP contribution in [0.2, 0.25) is 0 Å². The number of nitrogens with zero attached hydrogens (tertiary/aromatic N) is 4. The monoisotopic (exact) mass is 442 g/mol. The summed E-state index contributed by atoms with van der Waals surface area (Å²) in [5.74, 6) is 0.160. The lowest BCUT2D eigenvalue weighted by Crippen LogP contribution is -2.21. The van der Waals surface area contributed by atoms with Crippen molar-refractivity contribution in [1.82, 2.24) is 14.7 Å². The number of benzene rings is 2. The molecule has 0 amide bonds. The van der Waals surface area contributed by atoms with Crippen LogP contribution in [0.3, 0.4) is 0 Å². The molecule has 0 aliphatic carbocycles. The molecule has 4 aromatic rings. The van der Waals surface area contributed by atoms with E-state index in [0.717, 1.165) is 22.9 Å². The molecular formula is C21H13F3N4O4. The van der Waals surface area contributed by atoms with Crippen molar-refractivity contribution in [2.45, 2.75) is 12.7 Å². The number of para-hydroxylation sites is 1. The van der Waals surface area contributed by atoms with Crippen molar-refractivity contribution in [3.8, 4) is 22.8 Å². The molecule has 4 rings (SSSR count). The lowest BCUT2D eigenvalue weighted by atomic mass is 10.1. The Balaban J connectivity index is 1.57. The van der Waals surface area contributed by atoms with Crippen molar-refractivity contribution in [3.05, 3.63) is 98.5 Å². The van der Waals surface area contributed by atoms with Crippen LogP contribution in [0.15, 0.2) is 76.2 Å². The molecule has 0 aliphatic heterocycles. The SMILES string of the molecule is O=c1ccc(C(F)(F)F)cn1Cc1ccc(-c2noc(-c3ccccc3[N+](=O)[O-])n2)cc1. The summed E-state index contributed by atoms with van der Waals surface area (Å²) in [6.07, 6.45) is -3.78. The van der Waals surface area contributed by atoms with Gasteiger partial charge in [0.1, 0.15) is 5.56 Å². The average molecular weight is 442 g/mol.